The lowest BCUT2D eigenvalue weighted by molar-refractivity contribution is 0.0950. The molecular formula is C22H28N2O3. The Morgan fingerprint density at radius 2 is 1.70 bits per heavy atom. The molecule has 144 valence electrons. The zero-order valence-electron chi connectivity index (χ0n) is 16.1. The van der Waals surface area contributed by atoms with Gasteiger partial charge in [-0.3, -0.25) is 4.79 Å². The van der Waals surface area contributed by atoms with E-state index >= 15 is 0 Å². The third kappa shape index (κ3) is 5.01. The largest absolute Gasteiger partial charge is 0.490 e. The highest BCUT2D eigenvalue weighted by Gasteiger charge is 2.13. The topological polar surface area (TPSA) is 59.6 Å². The summed E-state index contributed by atoms with van der Waals surface area (Å²) in [5.41, 5.74) is 4.34. The number of carbonyl (C=O) groups excluding carboxylic acids is 1. The van der Waals surface area contributed by atoms with Gasteiger partial charge in [-0.1, -0.05) is 32.0 Å². The van der Waals surface area contributed by atoms with E-state index in [1.807, 2.05) is 6.07 Å². The van der Waals surface area contributed by atoms with Gasteiger partial charge in [-0.05, 0) is 47.7 Å². The molecule has 2 N–H and O–H groups in total. The minimum absolute atomic E-state index is 0.114. The first kappa shape index (κ1) is 19.2. The van der Waals surface area contributed by atoms with Crippen LogP contribution in [-0.2, 0) is 19.6 Å². The maximum Gasteiger partial charge on any atom is 0.251 e. The van der Waals surface area contributed by atoms with Gasteiger partial charge in [0.25, 0.3) is 5.91 Å². The molecule has 0 saturated carbocycles. The van der Waals surface area contributed by atoms with Gasteiger partial charge in [-0.15, -0.1) is 0 Å². The Hall–Kier alpha value is -2.53. The monoisotopic (exact) mass is 368 g/mol. The maximum absolute atomic E-state index is 12.6. The molecule has 1 heterocycles. The van der Waals surface area contributed by atoms with E-state index < -0.39 is 0 Å². The van der Waals surface area contributed by atoms with E-state index in [1.165, 1.54) is 11.1 Å². The summed E-state index contributed by atoms with van der Waals surface area (Å²) in [6.45, 7) is 7.66. The summed E-state index contributed by atoms with van der Waals surface area (Å²) in [6, 6.07) is 11.7. The lowest BCUT2D eigenvalue weighted by Crippen LogP contribution is -2.23. The number of benzene rings is 2. The van der Waals surface area contributed by atoms with E-state index in [4.69, 9.17) is 9.47 Å². The Bertz CT molecular complexity index is 789. The highest BCUT2D eigenvalue weighted by Crippen LogP contribution is 2.29. The minimum atomic E-state index is -0.114. The van der Waals surface area contributed by atoms with Gasteiger partial charge in [-0.25, -0.2) is 0 Å². The van der Waals surface area contributed by atoms with Crippen molar-refractivity contribution in [2.75, 3.05) is 13.2 Å². The van der Waals surface area contributed by atoms with Crippen molar-refractivity contribution in [3.8, 4) is 11.5 Å². The minimum Gasteiger partial charge on any atom is -0.490 e. The molecule has 27 heavy (non-hydrogen) atoms. The molecule has 0 spiro atoms. The van der Waals surface area contributed by atoms with Crippen LogP contribution in [0.5, 0.6) is 11.5 Å². The van der Waals surface area contributed by atoms with Crippen LogP contribution in [0.15, 0.2) is 36.4 Å². The fourth-order valence-electron chi connectivity index (χ4n) is 3.05. The third-order valence-corrected chi connectivity index (χ3v) is 4.48. The van der Waals surface area contributed by atoms with E-state index in [9.17, 15) is 4.79 Å². The smallest absolute Gasteiger partial charge is 0.251 e. The predicted octanol–water partition coefficient (Wildman–Crippen LogP) is 3.80. The first-order chi connectivity index (χ1) is 13.2. The number of hydrogen-bond donors (Lipinski definition) is 2. The molecule has 0 aromatic heterocycles. The quantitative estimate of drug-likeness (QED) is 0.707. The van der Waals surface area contributed by atoms with Crippen molar-refractivity contribution in [3.63, 3.8) is 0 Å². The molecule has 0 unspecified atom stereocenters. The number of nitrogens with one attached hydrogen (secondary N) is 2. The molecule has 5 nitrogen and oxygen atoms in total. The number of rotatable bonds is 9. The first-order valence-corrected chi connectivity index (χ1v) is 9.70. The van der Waals surface area contributed by atoms with Crippen LogP contribution >= 0.6 is 0 Å². The van der Waals surface area contributed by atoms with Gasteiger partial charge < -0.3 is 20.1 Å². The maximum atomic E-state index is 12.6. The predicted molar refractivity (Wildman–Crippen MR) is 106 cm³/mol. The van der Waals surface area contributed by atoms with Crippen LogP contribution in [-0.4, -0.2) is 19.1 Å². The molecule has 0 radical (unpaired) electrons. The van der Waals surface area contributed by atoms with E-state index in [0.29, 0.717) is 36.8 Å². The zero-order chi connectivity index (χ0) is 19.1. The lowest BCUT2D eigenvalue weighted by Gasteiger charge is -2.14. The van der Waals surface area contributed by atoms with Crippen molar-refractivity contribution < 1.29 is 14.3 Å². The fourth-order valence-corrected chi connectivity index (χ4v) is 3.05. The van der Waals surface area contributed by atoms with Crippen molar-refractivity contribution in [1.82, 2.24) is 10.6 Å². The Kier molecular flexibility index (Phi) is 6.71. The Labute approximate surface area is 161 Å². The van der Waals surface area contributed by atoms with Crippen LogP contribution in [0.25, 0.3) is 0 Å². The molecular weight excluding hydrogens is 340 g/mol. The van der Waals surface area contributed by atoms with Crippen LogP contribution in [0.4, 0.5) is 0 Å². The summed E-state index contributed by atoms with van der Waals surface area (Å²) in [4.78, 5) is 12.6. The molecule has 0 aliphatic carbocycles. The first-order valence-electron chi connectivity index (χ1n) is 9.70. The summed E-state index contributed by atoms with van der Waals surface area (Å²) < 4.78 is 11.5. The summed E-state index contributed by atoms with van der Waals surface area (Å²) in [5, 5.41) is 6.33. The van der Waals surface area contributed by atoms with Crippen molar-refractivity contribution in [3.05, 3.63) is 58.7 Å². The molecule has 1 amide bonds. The molecule has 0 bridgehead atoms. The Balaban J connectivity index is 1.66. The number of ether oxygens (including phenoxy) is 2. The van der Waals surface area contributed by atoms with Gasteiger partial charge in [0, 0.05) is 25.2 Å². The van der Waals surface area contributed by atoms with E-state index in [0.717, 1.165) is 31.5 Å². The lowest BCUT2D eigenvalue weighted by atomic mass is 10.1. The van der Waals surface area contributed by atoms with E-state index in [2.05, 4.69) is 42.7 Å². The standard InChI is InChI=1S/C22H28N2O3/c1-3-9-26-20-8-7-17(12-21(20)27-10-4-2)22(25)24-13-16-5-6-18-14-23-15-19(18)11-16/h5-8,11-12,23H,3-4,9-10,13-15H2,1-2H3,(H,24,25). The zero-order valence-corrected chi connectivity index (χ0v) is 16.1. The van der Waals surface area contributed by atoms with E-state index in [-0.39, 0.29) is 5.91 Å². The summed E-state index contributed by atoms with van der Waals surface area (Å²) in [7, 11) is 0. The van der Waals surface area contributed by atoms with Gasteiger partial charge in [0.2, 0.25) is 0 Å². The van der Waals surface area contributed by atoms with Crippen molar-refractivity contribution in [1.29, 1.82) is 0 Å². The second-order valence-electron chi connectivity index (χ2n) is 6.75. The number of amides is 1. The summed E-state index contributed by atoms with van der Waals surface area (Å²) in [6.07, 6.45) is 1.82. The summed E-state index contributed by atoms with van der Waals surface area (Å²) >= 11 is 0. The highest BCUT2D eigenvalue weighted by atomic mass is 16.5. The van der Waals surface area contributed by atoms with Crippen molar-refractivity contribution in [2.45, 2.75) is 46.3 Å². The molecule has 1 aliphatic heterocycles. The average Bonchev–Trinajstić information content (AvgIpc) is 3.17. The van der Waals surface area contributed by atoms with Crippen LogP contribution in [0.2, 0.25) is 0 Å². The molecule has 2 aromatic rings. The van der Waals surface area contributed by atoms with Gasteiger partial charge in [0.1, 0.15) is 0 Å². The molecule has 0 atom stereocenters. The van der Waals surface area contributed by atoms with Gasteiger partial charge in [-0.2, -0.15) is 0 Å². The second kappa shape index (κ2) is 9.42. The molecule has 0 fully saturated rings. The van der Waals surface area contributed by atoms with Crippen molar-refractivity contribution in [2.24, 2.45) is 0 Å². The molecule has 2 aromatic carbocycles. The third-order valence-electron chi connectivity index (χ3n) is 4.48. The fraction of sp³-hybridized carbons (Fsp3) is 0.409. The highest BCUT2D eigenvalue weighted by molar-refractivity contribution is 5.94. The van der Waals surface area contributed by atoms with Gasteiger partial charge >= 0.3 is 0 Å². The van der Waals surface area contributed by atoms with E-state index in [1.54, 1.807) is 12.1 Å². The van der Waals surface area contributed by atoms with Crippen LogP contribution in [0, 0.1) is 0 Å². The molecule has 5 heteroatoms. The summed E-state index contributed by atoms with van der Waals surface area (Å²) in [5.74, 6) is 1.20. The molecule has 0 saturated heterocycles. The molecule has 3 rings (SSSR count). The van der Waals surface area contributed by atoms with Gasteiger partial charge in [0.15, 0.2) is 11.5 Å². The van der Waals surface area contributed by atoms with Crippen LogP contribution < -0.4 is 20.1 Å². The normalized spacial score (nSPS) is 12.5. The SMILES string of the molecule is CCCOc1ccc(C(=O)NCc2ccc3c(c2)CNC3)cc1OCCC. The number of carbonyl (C=O) groups is 1. The Morgan fingerprint density at radius 1 is 0.963 bits per heavy atom. The van der Waals surface area contributed by atoms with Crippen LogP contribution in [0.1, 0.15) is 53.7 Å². The average molecular weight is 368 g/mol. The van der Waals surface area contributed by atoms with Crippen molar-refractivity contribution >= 4 is 5.91 Å². The van der Waals surface area contributed by atoms with Gasteiger partial charge in [0.05, 0.1) is 13.2 Å². The number of hydrogen-bond acceptors (Lipinski definition) is 4. The number of fused-ring (bicyclic) bond motifs is 1. The molecule has 1 aliphatic rings. The Morgan fingerprint density at radius 3 is 2.48 bits per heavy atom. The second-order valence-corrected chi connectivity index (χ2v) is 6.75. The van der Waals surface area contributed by atoms with Crippen LogP contribution in [0.3, 0.4) is 0 Å².